The van der Waals surface area contributed by atoms with Crippen molar-refractivity contribution in [3.63, 3.8) is 0 Å². The lowest BCUT2D eigenvalue weighted by Gasteiger charge is -2.82. The molecule has 0 aromatic carbocycles. The SMILES string of the molecule is CC1(C)CC2(C)CC(C)(C)C12OC1OC(CO)C(O)C(OC2OC(CO)C(O)C(O)C2O)C1OC1O[C@H](CO)[C@@H](O)[C@H](O)[C@@H]1O. The lowest BCUT2D eigenvalue weighted by Crippen LogP contribution is -2.85. The van der Waals surface area contributed by atoms with E-state index in [0.717, 1.165) is 12.8 Å². The van der Waals surface area contributed by atoms with Crippen LogP contribution in [0.5, 0.6) is 0 Å². The lowest BCUT2D eigenvalue weighted by molar-refractivity contribution is -0.467. The number of fused-ring (bicyclic) bond motifs is 1. The summed E-state index contributed by atoms with van der Waals surface area (Å²) < 4.78 is 36.2. The van der Waals surface area contributed by atoms with Crippen molar-refractivity contribution in [1.29, 1.82) is 0 Å². The first-order valence-electron chi connectivity index (χ1n) is 15.4. The molecule has 0 aromatic rings. The molecule has 16 heteroatoms. The second kappa shape index (κ2) is 12.4. The van der Waals surface area contributed by atoms with Crippen molar-refractivity contribution in [3.05, 3.63) is 0 Å². The highest BCUT2D eigenvalue weighted by molar-refractivity contribution is 5.31. The summed E-state index contributed by atoms with van der Waals surface area (Å²) >= 11 is 0. The summed E-state index contributed by atoms with van der Waals surface area (Å²) in [5, 5.41) is 104. The molecule has 262 valence electrons. The first-order chi connectivity index (χ1) is 20.9. The Kier molecular flexibility index (Phi) is 9.79. The van der Waals surface area contributed by atoms with Crippen LogP contribution in [0.15, 0.2) is 0 Å². The number of aliphatic hydroxyl groups is 10. The number of hydrogen-bond acceptors (Lipinski definition) is 16. The van der Waals surface area contributed by atoms with Crippen LogP contribution in [0.2, 0.25) is 0 Å². The molecule has 3 aliphatic heterocycles. The van der Waals surface area contributed by atoms with Gasteiger partial charge in [-0.2, -0.15) is 0 Å². The van der Waals surface area contributed by atoms with Crippen molar-refractivity contribution in [3.8, 4) is 0 Å². The van der Waals surface area contributed by atoms with Gasteiger partial charge in [0.15, 0.2) is 18.9 Å². The van der Waals surface area contributed by atoms with Crippen LogP contribution in [0.4, 0.5) is 0 Å². The molecule has 15 atom stereocenters. The van der Waals surface area contributed by atoms with Gasteiger partial charge in [-0.25, -0.2) is 0 Å². The highest BCUT2D eigenvalue weighted by Gasteiger charge is 2.82. The molecule has 10 N–H and O–H groups in total. The van der Waals surface area contributed by atoms with Crippen molar-refractivity contribution in [2.75, 3.05) is 19.8 Å². The molecule has 5 aliphatic rings. The Balaban J connectivity index is 1.53. The number of rotatable bonds is 9. The molecule has 16 nitrogen and oxygen atoms in total. The van der Waals surface area contributed by atoms with Crippen molar-refractivity contribution < 1.29 is 79.5 Å². The van der Waals surface area contributed by atoms with E-state index in [9.17, 15) is 51.1 Å². The normalized spacial score (nSPS) is 54.1. The van der Waals surface area contributed by atoms with E-state index in [1.807, 2.05) is 27.7 Å². The summed E-state index contributed by atoms with van der Waals surface area (Å²) in [5.74, 6) is 0. The highest BCUT2D eigenvalue weighted by Crippen LogP contribution is 2.81. The second-order valence-corrected chi connectivity index (χ2v) is 14.8. The van der Waals surface area contributed by atoms with Gasteiger partial charge in [-0.1, -0.05) is 34.6 Å². The zero-order valence-electron chi connectivity index (χ0n) is 26.1. The number of hydrogen-bond donors (Lipinski definition) is 10. The fraction of sp³-hybridized carbons (Fsp3) is 1.00. The second-order valence-electron chi connectivity index (χ2n) is 14.8. The Labute approximate surface area is 261 Å². The molecule has 0 spiro atoms. The molecule has 0 aromatic heterocycles. The average Bonchev–Trinajstić information content (AvgIpc) is 2.97. The summed E-state index contributed by atoms with van der Waals surface area (Å²) in [4.78, 5) is 0. The van der Waals surface area contributed by atoms with E-state index < -0.39 is 118 Å². The van der Waals surface area contributed by atoms with E-state index >= 15 is 0 Å². The average molecular weight is 655 g/mol. The molecular formula is C29H50O16. The van der Waals surface area contributed by atoms with Crippen molar-refractivity contribution in [2.24, 2.45) is 16.2 Å². The maximum absolute atomic E-state index is 11.4. The summed E-state index contributed by atoms with van der Waals surface area (Å²) in [6.45, 7) is 8.08. The zero-order chi connectivity index (χ0) is 33.4. The zero-order valence-corrected chi connectivity index (χ0v) is 26.1. The van der Waals surface area contributed by atoms with Crippen molar-refractivity contribution in [1.82, 2.24) is 0 Å². The Morgan fingerprint density at radius 2 is 0.889 bits per heavy atom. The molecule has 5 fully saturated rings. The van der Waals surface area contributed by atoms with Gasteiger partial charge in [0.05, 0.1) is 25.4 Å². The quantitative estimate of drug-likeness (QED) is 0.114. The van der Waals surface area contributed by atoms with E-state index in [4.69, 9.17) is 28.4 Å². The standard InChI is InChI=1S/C29H50O16/c1-26(2)9-28(5)10-27(3,4)29(26,28)45-25-22(44-24-20(39)18(37)15(34)12(7-31)41-24)21(16(35)13(8-32)42-25)43-23-19(38)17(36)14(33)11(6-30)40-23/h11-25,30-39H,6-10H2,1-5H3/t11?,12-,13?,14?,15-,16?,17?,18+,19?,20+,21?,22?,23?,24?,25?,28?,29?/m1/s1. The molecule has 5 rings (SSSR count). The minimum atomic E-state index is -1.87. The fourth-order valence-electron chi connectivity index (χ4n) is 9.59. The van der Waals surface area contributed by atoms with Gasteiger partial charge in [0, 0.05) is 0 Å². The van der Waals surface area contributed by atoms with Gasteiger partial charge >= 0.3 is 0 Å². The minimum Gasteiger partial charge on any atom is -0.394 e. The van der Waals surface area contributed by atoms with Gasteiger partial charge < -0.3 is 79.5 Å². The molecule has 3 saturated heterocycles. The number of ether oxygens (including phenoxy) is 6. The Hall–Kier alpha value is -0.640. The van der Waals surface area contributed by atoms with Crippen LogP contribution in [0.25, 0.3) is 0 Å². The molecule has 11 unspecified atom stereocenters. The maximum atomic E-state index is 11.4. The predicted octanol–water partition coefficient (Wildman–Crippen LogP) is -3.94. The Morgan fingerprint density at radius 1 is 0.511 bits per heavy atom. The third-order valence-corrected chi connectivity index (χ3v) is 10.8. The van der Waals surface area contributed by atoms with E-state index in [-0.39, 0.29) is 16.2 Å². The molecule has 3 heterocycles. The van der Waals surface area contributed by atoms with Gasteiger partial charge in [-0.05, 0) is 29.1 Å². The Morgan fingerprint density at radius 3 is 1.27 bits per heavy atom. The molecule has 0 bridgehead atoms. The Bertz CT molecular complexity index is 1000. The summed E-state index contributed by atoms with van der Waals surface area (Å²) in [6, 6.07) is 0. The fourth-order valence-corrected chi connectivity index (χ4v) is 9.59. The molecule has 2 saturated carbocycles. The summed E-state index contributed by atoms with van der Waals surface area (Å²) in [5.41, 5.74) is -1.85. The van der Waals surface area contributed by atoms with E-state index in [1.54, 1.807) is 0 Å². The van der Waals surface area contributed by atoms with E-state index in [0.29, 0.717) is 0 Å². The predicted molar refractivity (Wildman–Crippen MR) is 148 cm³/mol. The monoisotopic (exact) mass is 654 g/mol. The van der Waals surface area contributed by atoms with Crippen LogP contribution in [0.3, 0.4) is 0 Å². The molecule has 0 radical (unpaired) electrons. The molecule has 2 aliphatic carbocycles. The van der Waals surface area contributed by atoms with Crippen molar-refractivity contribution in [2.45, 2.75) is 145 Å². The van der Waals surface area contributed by atoms with Crippen LogP contribution in [-0.4, -0.2) is 169 Å². The van der Waals surface area contributed by atoms with Gasteiger partial charge in [0.25, 0.3) is 0 Å². The molecule has 0 amide bonds. The van der Waals surface area contributed by atoms with E-state index in [2.05, 4.69) is 6.92 Å². The smallest absolute Gasteiger partial charge is 0.187 e. The van der Waals surface area contributed by atoms with Crippen molar-refractivity contribution >= 4 is 0 Å². The topological polar surface area (TPSA) is 258 Å². The van der Waals surface area contributed by atoms with Crippen LogP contribution in [0.1, 0.15) is 47.5 Å². The number of aliphatic hydroxyl groups excluding tert-OH is 10. The first kappa shape index (κ1) is 35.7. The van der Waals surface area contributed by atoms with Gasteiger partial charge in [-0.3, -0.25) is 0 Å². The van der Waals surface area contributed by atoms with Crippen LogP contribution in [0, 0.1) is 16.2 Å². The maximum Gasteiger partial charge on any atom is 0.187 e. The largest absolute Gasteiger partial charge is 0.394 e. The lowest BCUT2D eigenvalue weighted by atomic mass is 9.26. The van der Waals surface area contributed by atoms with Crippen LogP contribution < -0.4 is 0 Å². The van der Waals surface area contributed by atoms with Crippen LogP contribution in [-0.2, 0) is 28.4 Å². The summed E-state index contributed by atoms with van der Waals surface area (Å²) in [7, 11) is 0. The molecular weight excluding hydrogens is 604 g/mol. The minimum absolute atomic E-state index is 0.282. The summed E-state index contributed by atoms with van der Waals surface area (Å²) in [6.07, 6.45) is -22.8. The third kappa shape index (κ3) is 5.39. The van der Waals surface area contributed by atoms with Gasteiger partial charge in [0.1, 0.15) is 73.2 Å². The van der Waals surface area contributed by atoms with Gasteiger partial charge in [-0.15, -0.1) is 0 Å². The van der Waals surface area contributed by atoms with Crippen LogP contribution >= 0.6 is 0 Å². The molecule has 45 heavy (non-hydrogen) atoms. The third-order valence-electron chi connectivity index (χ3n) is 10.8. The highest BCUT2D eigenvalue weighted by atomic mass is 16.8. The first-order valence-corrected chi connectivity index (χ1v) is 15.4. The van der Waals surface area contributed by atoms with Gasteiger partial charge in [0.2, 0.25) is 0 Å². The van der Waals surface area contributed by atoms with E-state index in [1.165, 1.54) is 0 Å².